The Bertz CT molecular complexity index is 2630. The summed E-state index contributed by atoms with van der Waals surface area (Å²) in [6.45, 7) is -0.668. The number of ether oxygens (including phenoxy) is 1. The third-order valence-corrected chi connectivity index (χ3v) is 12.0. The Morgan fingerprint density at radius 1 is 0.702 bits per heavy atom. The number of halogens is 5. The molecule has 13 nitrogen and oxygen atoms in total. The van der Waals surface area contributed by atoms with Crippen molar-refractivity contribution in [2.75, 3.05) is 18.1 Å². The van der Waals surface area contributed by atoms with Crippen LogP contribution in [0.4, 0.5) is 22.0 Å². The van der Waals surface area contributed by atoms with E-state index in [9.17, 15) is 65.9 Å². The first kappa shape index (κ1) is 43.0. The number of aryl methyl sites for hydroxylation is 2. The summed E-state index contributed by atoms with van der Waals surface area (Å²) in [5, 5.41) is 0.491. The smallest absolute Gasteiger partial charge is 0.311 e. The lowest BCUT2D eigenvalue weighted by Gasteiger charge is -2.24. The summed E-state index contributed by atoms with van der Waals surface area (Å²) >= 11 is 0. The summed E-state index contributed by atoms with van der Waals surface area (Å²) in [6.07, 6.45) is -1.18. The minimum Gasteiger partial charge on any atom is -0.748 e. The Kier molecular flexibility index (Phi) is 13.0. The van der Waals surface area contributed by atoms with Crippen LogP contribution in [-0.2, 0) is 48.0 Å². The van der Waals surface area contributed by atoms with E-state index < -0.39 is 113 Å². The third-order valence-electron chi connectivity index (χ3n) is 8.65. The van der Waals surface area contributed by atoms with E-state index >= 15 is 0 Å². The van der Waals surface area contributed by atoms with Crippen molar-refractivity contribution in [2.24, 2.45) is 0 Å². The number of fused-ring (bicyclic) bond motifs is 2. The van der Waals surface area contributed by atoms with Crippen molar-refractivity contribution in [3.63, 3.8) is 0 Å². The highest BCUT2D eigenvalue weighted by molar-refractivity contribution is 7.89. The van der Waals surface area contributed by atoms with Gasteiger partial charge in [0.25, 0.3) is 26.0 Å². The number of carbonyl (C=O) groups is 2. The number of sulfonamides is 1. The standard InChI is InChI=1S/C36H31F5N2O11S3/c37-30-31(38)33(40)35(34(41)32(30)39)54-28(44)13-5-8-22-14-16-23(17-15-22)57(52,53)43(19-7-21-56(49,50)51)36(45)29-24-9-1-3-11-26(24)42(18-6-20-55(46,47)48)27-12-4-2-10-25(27)29/h1-4,9-12,14-17H,5-8,13,18-21H2,(H-,46,47,48,49,50,51). The van der Waals surface area contributed by atoms with Crippen LogP contribution in [0, 0.1) is 29.1 Å². The number of hydrogen-bond acceptors (Lipinski definition) is 10. The van der Waals surface area contributed by atoms with Gasteiger partial charge in [0.1, 0.15) is 0 Å². The van der Waals surface area contributed by atoms with Gasteiger partial charge in [0.05, 0.1) is 37.1 Å². The van der Waals surface area contributed by atoms with Gasteiger partial charge in [-0.25, -0.2) is 34.3 Å². The van der Waals surface area contributed by atoms with Gasteiger partial charge in [-0.3, -0.25) is 14.1 Å². The Balaban J connectivity index is 1.43. The maximum atomic E-state index is 14.6. The molecule has 0 saturated heterocycles. The van der Waals surface area contributed by atoms with Crippen molar-refractivity contribution >= 4 is 63.9 Å². The third kappa shape index (κ3) is 9.90. The predicted octanol–water partition coefficient (Wildman–Crippen LogP) is 4.95. The number of esters is 1. The van der Waals surface area contributed by atoms with E-state index in [4.69, 9.17) is 0 Å². The van der Waals surface area contributed by atoms with Gasteiger partial charge in [-0.1, -0.05) is 36.4 Å². The normalized spacial score (nSPS) is 12.3. The van der Waals surface area contributed by atoms with Crippen LogP contribution in [-0.4, -0.2) is 68.6 Å². The molecule has 0 atom stereocenters. The molecule has 57 heavy (non-hydrogen) atoms. The van der Waals surface area contributed by atoms with Crippen molar-refractivity contribution in [3.05, 3.63) is 113 Å². The molecule has 1 amide bonds. The Labute approximate surface area is 322 Å². The first-order valence-corrected chi connectivity index (χ1v) is 21.4. The number of rotatable bonds is 16. The number of amides is 1. The SMILES string of the molecule is O=C(CCCc1ccc(S(=O)(=O)N(CCCS(=O)(=O)O)C(=O)c2c3ccccc3[n+](CCCS(=O)(=O)[O-])c3ccccc23)cc1)Oc1c(F)c(F)c(F)c(F)c1F. The van der Waals surface area contributed by atoms with Crippen LogP contribution in [0.2, 0.25) is 0 Å². The Hall–Kier alpha value is -5.09. The van der Waals surface area contributed by atoms with Crippen LogP contribution in [0.5, 0.6) is 5.75 Å². The number of para-hydroxylation sites is 2. The van der Waals surface area contributed by atoms with Crippen molar-refractivity contribution in [1.29, 1.82) is 0 Å². The lowest BCUT2D eigenvalue weighted by Crippen LogP contribution is -2.41. The predicted molar refractivity (Wildman–Crippen MR) is 191 cm³/mol. The van der Waals surface area contributed by atoms with Crippen molar-refractivity contribution < 1.29 is 75.2 Å². The van der Waals surface area contributed by atoms with Gasteiger partial charge in [-0.15, -0.1) is 0 Å². The summed E-state index contributed by atoms with van der Waals surface area (Å²) in [5.74, 6) is -17.4. The highest BCUT2D eigenvalue weighted by Crippen LogP contribution is 2.31. The highest BCUT2D eigenvalue weighted by atomic mass is 32.2. The molecule has 0 aliphatic carbocycles. The van der Waals surface area contributed by atoms with E-state index in [2.05, 4.69) is 4.74 Å². The van der Waals surface area contributed by atoms with Gasteiger partial charge in [0.15, 0.2) is 6.54 Å². The van der Waals surface area contributed by atoms with Crippen LogP contribution >= 0.6 is 0 Å². The number of benzene rings is 4. The second kappa shape index (κ2) is 17.2. The largest absolute Gasteiger partial charge is 0.748 e. The zero-order valence-electron chi connectivity index (χ0n) is 29.3. The number of hydrogen-bond donors (Lipinski definition) is 1. The summed E-state index contributed by atoms with van der Waals surface area (Å²) in [5.41, 5.74) is 1.09. The van der Waals surface area contributed by atoms with Gasteiger partial charge >= 0.3 is 5.97 Å². The molecule has 0 spiro atoms. The average Bonchev–Trinajstić information content (AvgIpc) is 3.15. The quantitative estimate of drug-likeness (QED) is 0.0206. The highest BCUT2D eigenvalue weighted by Gasteiger charge is 2.35. The molecule has 0 unspecified atom stereocenters. The minimum absolute atomic E-state index is 0.0339. The van der Waals surface area contributed by atoms with Gasteiger partial charge in [-0.2, -0.15) is 21.8 Å². The summed E-state index contributed by atoms with van der Waals surface area (Å²) in [7, 11) is -13.9. The van der Waals surface area contributed by atoms with E-state index in [1.165, 1.54) is 24.3 Å². The van der Waals surface area contributed by atoms with Crippen LogP contribution in [0.1, 0.15) is 41.6 Å². The maximum Gasteiger partial charge on any atom is 0.311 e. The van der Waals surface area contributed by atoms with Crippen LogP contribution in [0.3, 0.4) is 0 Å². The monoisotopic (exact) mass is 858 g/mol. The fourth-order valence-electron chi connectivity index (χ4n) is 6.06. The maximum absolute atomic E-state index is 14.6. The summed E-state index contributed by atoms with van der Waals surface area (Å²) < 4.78 is 169. The molecule has 0 bridgehead atoms. The fourth-order valence-corrected chi connectivity index (χ4v) is 8.45. The molecule has 1 aromatic heterocycles. The molecular formula is C36H31F5N2O11S3. The molecule has 4 aromatic carbocycles. The van der Waals surface area contributed by atoms with E-state index in [-0.39, 0.29) is 42.1 Å². The molecule has 304 valence electrons. The molecule has 0 saturated carbocycles. The first-order valence-electron chi connectivity index (χ1n) is 16.8. The molecule has 0 aliphatic heterocycles. The lowest BCUT2D eigenvalue weighted by atomic mass is 10.0. The molecule has 0 fully saturated rings. The van der Waals surface area contributed by atoms with E-state index in [1.807, 2.05) is 0 Å². The molecule has 0 aliphatic rings. The second-order valence-electron chi connectivity index (χ2n) is 12.6. The van der Waals surface area contributed by atoms with Gasteiger partial charge in [-0.05, 0) is 49.1 Å². The Morgan fingerprint density at radius 2 is 1.23 bits per heavy atom. The first-order chi connectivity index (χ1) is 26.7. The van der Waals surface area contributed by atoms with Gasteiger partial charge in [0, 0.05) is 37.3 Å². The minimum atomic E-state index is -4.78. The fraction of sp³-hybridized carbons (Fsp3) is 0.250. The molecule has 21 heteroatoms. The van der Waals surface area contributed by atoms with Gasteiger partial charge in [0.2, 0.25) is 45.9 Å². The molecule has 5 rings (SSSR count). The van der Waals surface area contributed by atoms with Crippen LogP contribution in [0.15, 0.2) is 77.7 Å². The molecular weight excluding hydrogens is 828 g/mol. The van der Waals surface area contributed by atoms with E-state index in [0.717, 1.165) is 12.1 Å². The number of carbonyl (C=O) groups excluding carboxylic acids is 2. The molecule has 1 N–H and O–H groups in total. The van der Waals surface area contributed by atoms with Gasteiger partial charge < -0.3 is 9.29 Å². The molecule has 1 heterocycles. The van der Waals surface area contributed by atoms with E-state index in [0.29, 0.717) is 20.9 Å². The van der Waals surface area contributed by atoms with Crippen LogP contribution < -0.4 is 9.30 Å². The topological polar surface area (TPSA) is 196 Å². The second-order valence-corrected chi connectivity index (χ2v) is 17.5. The summed E-state index contributed by atoms with van der Waals surface area (Å²) in [6, 6.07) is 17.6. The Morgan fingerprint density at radius 3 is 1.75 bits per heavy atom. The van der Waals surface area contributed by atoms with E-state index in [1.54, 1.807) is 41.0 Å². The number of pyridine rings is 1. The van der Waals surface area contributed by atoms with Crippen molar-refractivity contribution in [1.82, 2.24) is 4.31 Å². The van der Waals surface area contributed by atoms with Crippen molar-refractivity contribution in [3.8, 4) is 5.75 Å². The zero-order chi connectivity index (χ0) is 41.9. The number of aromatic nitrogens is 1. The van der Waals surface area contributed by atoms with Crippen LogP contribution in [0.25, 0.3) is 21.8 Å². The lowest BCUT2D eigenvalue weighted by molar-refractivity contribution is -0.645. The van der Waals surface area contributed by atoms with Crippen molar-refractivity contribution in [2.45, 2.75) is 43.5 Å². The summed E-state index contributed by atoms with van der Waals surface area (Å²) in [4.78, 5) is 26.3. The number of nitrogens with zero attached hydrogens (tertiary/aromatic N) is 2. The average molecular weight is 859 g/mol. The zero-order valence-corrected chi connectivity index (χ0v) is 31.8. The molecule has 0 radical (unpaired) electrons. The molecule has 5 aromatic rings.